The lowest BCUT2D eigenvalue weighted by Gasteiger charge is -2.12. The molecule has 6 nitrogen and oxygen atoms in total. The normalized spacial score (nSPS) is 11.1. The zero-order valence-corrected chi connectivity index (χ0v) is 18.6. The minimum absolute atomic E-state index is 0.241. The van der Waals surface area contributed by atoms with E-state index in [1.54, 1.807) is 41.0 Å². The fourth-order valence-electron chi connectivity index (χ4n) is 3.13. The Labute approximate surface area is 188 Å². The van der Waals surface area contributed by atoms with Crippen LogP contribution >= 0.6 is 45.9 Å². The van der Waals surface area contributed by atoms with Crippen molar-refractivity contribution in [2.45, 2.75) is 19.5 Å². The highest BCUT2D eigenvalue weighted by Crippen LogP contribution is 2.22. The van der Waals surface area contributed by atoms with Gasteiger partial charge in [-0.2, -0.15) is 0 Å². The molecule has 1 N–H and O–H groups in total. The molecule has 4 aromatic rings. The topological polar surface area (TPSA) is 73.1 Å². The maximum atomic E-state index is 13.1. The molecule has 1 aromatic carbocycles. The molecule has 0 saturated heterocycles. The lowest BCUT2D eigenvalue weighted by atomic mass is 10.3. The predicted octanol–water partition coefficient (Wildman–Crippen LogP) is 4.47. The van der Waals surface area contributed by atoms with Crippen molar-refractivity contribution in [1.29, 1.82) is 0 Å². The highest BCUT2D eigenvalue weighted by molar-refractivity contribution is 7.17. The Morgan fingerprint density at radius 2 is 1.77 bits per heavy atom. The van der Waals surface area contributed by atoms with Crippen LogP contribution in [0.5, 0.6) is 0 Å². The molecule has 0 unspecified atom stereocenters. The Balaban J connectivity index is 1.65. The summed E-state index contributed by atoms with van der Waals surface area (Å²) in [6, 6.07) is 10.3. The standard InChI is InChI=1S/C20H15Cl2N3O3S2/c21-12-8-13(22)10-14(9-12)23-17(26)11-25-16-4-7-30-18(16)19(27)24(20(25)28)5-3-15-2-1-6-29-15/h1-2,4,6-10H,3,5,11H2,(H,23,26). The minimum atomic E-state index is -0.512. The number of fused-ring (bicyclic) bond motifs is 1. The first-order chi connectivity index (χ1) is 14.4. The molecule has 0 radical (unpaired) electrons. The number of nitrogens with one attached hydrogen (secondary N) is 1. The Bertz CT molecular complexity index is 1320. The molecule has 0 aliphatic heterocycles. The third kappa shape index (κ3) is 4.37. The minimum Gasteiger partial charge on any atom is -0.324 e. The highest BCUT2D eigenvalue weighted by atomic mass is 35.5. The average molecular weight is 480 g/mol. The number of carbonyl (C=O) groups is 1. The van der Waals surface area contributed by atoms with Gasteiger partial charge in [0.2, 0.25) is 5.91 Å². The zero-order chi connectivity index (χ0) is 21.3. The largest absolute Gasteiger partial charge is 0.332 e. The number of carbonyl (C=O) groups excluding carboxylic acids is 1. The molecule has 3 heterocycles. The maximum Gasteiger partial charge on any atom is 0.332 e. The van der Waals surface area contributed by atoms with Crippen LogP contribution in [0.3, 0.4) is 0 Å². The summed E-state index contributed by atoms with van der Waals surface area (Å²) in [5, 5.41) is 7.15. The fourth-order valence-corrected chi connectivity index (χ4v) is 5.20. The van der Waals surface area contributed by atoms with Gasteiger partial charge in [-0.05, 0) is 47.5 Å². The number of anilines is 1. The molecule has 0 atom stereocenters. The van der Waals surface area contributed by atoms with E-state index in [-0.39, 0.29) is 18.6 Å². The van der Waals surface area contributed by atoms with Gasteiger partial charge in [-0.15, -0.1) is 22.7 Å². The quantitative estimate of drug-likeness (QED) is 0.443. The third-order valence-corrected chi connectivity index (χ3v) is 6.71. The van der Waals surface area contributed by atoms with E-state index in [2.05, 4.69) is 5.32 Å². The Kier molecular flexibility index (Phi) is 6.10. The number of rotatable bonds is 6. The molecule has 1 amide bonds. The molecular formula is C20H15Cl2N3O3S2. The van der Waals surface area contributed by atoms with Gasteiger partial charge < -0.3 is 5.32 Å². The molecule has 10 heteroatoms. The summed E-state index contributed by atoms with van der Waals surface area (Å²) in [6.07, 6.45) is 0.566. The molecular weight excluding hydrogens is 465 g/mol. The van der Waals surface area contributed by atoms with Crippen molar-refractivity contribution in [2.75, 3.05) is 5.32 Å². The van der Waals surface area contributed by atoms with Crippen molar-refractivity contribution in [1.82, 2.24) is 9.13 Å². The van der Waals surface area contributed by atoms with E-state index in [0.717, 1.165) is 4.88 Å². The number of aromatic nitrogens is 2. The van der Waals surface area contributed by atoms with E-state index in [1.165, 1.54) is 20.5 Å². The second-order valence-corrected chi connectivity index (χ2v) is 9.32. The lowest BCUT2D eigenvalue weighted by molar-refractivity contribution is -0.116. The van der Waals surface area contributed by atoms with Crippen LogP contribution < -0.4 is 16.6 Å². The summed E-state index contributed by atoms with van der Waals surface area (Å²) < 4.78 is 2.96. The number of benzene rings is 1. The first-order valence-corrected chi connectivity index (χ1v) is 11.4. The van der Waals surface area contributed by atoms with Crippen molar-refractivity contribution in [3.63, 3.8) is 0 Å². The van der Waals surface area contributed by atoms with Crippen LogP contribution in [-0.4, -0.2) is 15.0 Å². The molecule has 0 aliphatic rings. The van der Waals surface area contributed by atoms with Crippen LogP contribution in [0.15, 0.2) is 56.7 Å². The van der Waals surface area contributed by atoms with E-state index in [4.69, 9.17) is 23.2 Å². The zero-order valence-electron chi connectivity index (χ0n) is 15.4. The van der Waals surface area contributed by atoms with Gasteiger partial charge in [0, 0.05) is 27.2 Å². The third-order valence-electron chi connectivity index (χ3n) is 4.45. The van der Waals surface area contributed by atoms with E-state index >= 15 is 0 Å². The van der Waals surface area contributed by atoms with Gasteiger partial charge in [0.05, 0.1) is 5.52 Å². The molecule has 0 spiro atoms. The fraction of sp³-hybridized carbons (Fsp3) is 0.150. The smallest absolute Gasteiger partial charge is 0.324 e. The summed E-state index contributed by atoms with van der Waals surface area (Å²) in [6.45, 7) is 0.00697. The van der Waals surface area contributed by atoms with Crippen LogP contribution in [0.2, 0.25) is 10.0 Å². The average Bonchev–Trinajstić information content (AvgIpc) is 3.36. The van der Waals surface area contributed by atoms with Crippen molar-refractivity contribution in [2.24, 2.45) is 0 Å². The van der Waals surface area contributed by atoms with E-state index in [9.17, 15) is 14.4 Å². The highest BCUT2D eigenvalue weighted by Gasteiger charge is 2.17. The summed E-state index contributed by atoms with van der Waals surface area (Å²) in [7, 11) is 0. The summed E-state index contributed by atoms with van der Waals surface area (Å²) in [4.78, 5) is 39.6. The van der Waals surface area contributed by atoms with Crippen LogP contribution in [0, 0.1) is 0 Å². The SMILES string of the molecule is O=C(Cn1c(=O)n(CCc2cccs2)c(=O)c2sccc21)Nc1cc(Cl)cc(Cl)c1. The lowest BCUT2D eigenvalue weighted by Crippen LogP contribution is -2.41. The van der Waals surface area contributed by atoms with Gasteiger partial charge >= 0.3 is 5.69 Å². The van der Waals surface area contributed by atoms with E-state index in [1.807, 2.05) is 17.5 Å². The van der Waals surface area contributed by atoms with Crippen LogP contribution in [0.25, 0.3) is 10.2 Å². The Hall–Kier alpha value is -2.39. The predicted molar refractivity (Wildman–Crippen MR) is 123 cm³/mol. The molecule has 0 saturated carbocycles. The van der Waals surface area contributed by atoms with Crippen molar-refractivity contribution >= 4 is 67.7 Å². The van der Waals surface area contributed by atoms with Gasteiger partial charge in [-0.3, -0.25) is 18.7 Å². The van der Waals surface area contributed by atoms with Gasteiger partial charge in [0.1, 0.15) is 11.2 Å². The summed E-state index contributed by atoms with van der Waals surface area (Å²) >= 11 is 14.8. The number of nitrogens with zero attached hydrogens (tertiary/aromatic N) is 2. The molecule has 3 aromatic heterocycles. The Morgan fingerprint density at radius 1 is 1.00 bits per heavy atom. The van der Waals surface area contributed by atoms with Crippen molar-refractivity contribution in [3.05, 3.63) is 82.9 Å². The molecule has 0 fully saturated rings. The molecule has 30 heavy (non-hydrogen) atoms. The molecule has 4 rings (SSSR count). The first kappa shape index (κ1) is 20.9. The summed E-state index contributed by atoms with van der Waals surface area (Å²) in [5.74, 6) is -0.425. The number of thiophene rings is 2. The number of halogens is 2. The van der Waals surface area contributed by atoms with Crippen molar-refractivity contribution in [3.8, 4) is 0 Å². The maximum absolute atomic E-state index is 13.1. The molecule has 154 valence electrons. The van der Waals surface area contributed by atoms with Crippen LogP contribution in [0.4, 0.5) is 5.69 Å². The summed E-state index contributed by atoms with van der Waals surface area (Å²) in [5.41, 5.74) is 0.0290. The van der Waals surface area contributed by atoms with Gasteiger partial charge in [0.15, 0.2) is 0 Å². The molecule has 0 bridgehead atoms. The van der Waals surface area contributed by atoms with E-state index in [0.29, 0.717) is 32.4 Å². The van der Waals surface area contributed by atoms with E-state index < -0.39 is 11.6 Å². The monoisotopic (exact) mass is 479 g/mol. The number of amides is 1. The van der Waals surface area contributed by atoms with Gasteiger partial charge in [0.25, 0.3) is 5.56 Å². The van der Waals surface area contributed by atoms with Crippen molar-refractivity contribution < 1.29 is 4.79 Å². The van der Waals surface area contributed by atoms with Gasteiger partial charge in [-0.1, -0.05) is 29.3 Å². The second kappa shape index (κ2) is 8.77. The number of hydrogen-bond acceptors (Lipinski definition) is 5. The van der Waals surface area contributed by atoms with Gasteiger partial charge in [-0.25, -0.2) is 4.79 Å². The second-order valence-electron chi connectivity index (χ2n) is 6.50. The number of hydrogen-bond donors (Lipinski definition) is 1. The first-order valence-electron chi connectivity index (χ1n) is 8.91. The molecule has 0 aliphatic carbocycles. The van der Waals surface area contributed by atoms with Crippen LogP contribution in [-0.2, 0) is 24.3 Å². The Morgan fingerprint density at radius 3 is 2.47 bits per heavy atom. The van der Waals surface area contributed by atoms with Crippen LogP contribution in [0.1, 0.15) is 4.88 Å². The number of aryl methyl sites for hydroxylation is 1.